The van der Waals surface area contributed by atoms with Crippen LogP contribution in [0.4, 0.5) is 24.5 Å². The number of anilines is 2. The molecule has 1 saturated heterocycles. The molecule has 3 aromatic rings. The van der Waals surface area contributed by atoms with Gasteiger partial charge in [-0.15, -0.1) is 0 Å². The molecule has 4 rings (SSSR count). The Balaban J connectivity index is 1.54. The van der Waals surface area contributed by atoms with Gasteiger partial charge < -0.3 is 19.7 Å². The number of carbonyl (C=O) groups excluding carboxylic acids is 2. The molecule has 1 fully saturated rings. The van der Waals surface area contributed by atoms with Gasteiger partial charge in [0.25, 0.3) is 5.91 Å². The number of hydrogen-bond donors (Lipinski definition) is 1. The third-order valence-corrected chi connectivity index (χ3v) is 5.52. The van der Waals surface area contributed by atoms with Gasteiger partial charge in [-0.25, -0.2) is 0 Å². The van der Waals surface area contributed by atoms with Gasteiger partial charge in [-0.1, -0.05) is 24.3 Å². The summed E-state index contributed by atoms with van der Waals surface area (Å²) in [6.07, 6.45) is -4.53. The molecule has 0 spiro atoms. The highest BCUT2D eigenvalue weighted by Gasteiger charge is 2.32. The third kappa shape index (κ3) is 5.99. The van der Waals surface area contributed by atoms with Crippen LogP contribution in [-0.2, 0) is 15.7 Å². The van der Waals surface area contributed by atoms with E-state index in [2.05, 4.69) is 5.32 Å². The van der Waals surface area contributed by atoms with Crippen molar-refractivity contribution >= 4 is 23.3 Å². The Bertz CT molecular complexity index is 1200. The van der Waals surface area contributed by atoms with E-state index >= 15 is 0 Å². The van der Waals surface area contributed by atoms with E-state index < -0.39 is 23.6 Å². The van der Waals surface area contributed by atoms with Crippen LogP contribution in [0.25, 0.3) is 11.1 Å². The quantitative estimate of drug-likeness (QED) is 0.389. The van der Waals surface area contributed by atoms with Crippen molar-refractivity contribution in [2.75, 3.05) is 36.5 Å². The van der Waals surface area contributed by atoms with Crippen molar-refractivity contribution < 1.29 is 32.2 Å². The van der Waals surface area contributed by atoms with Crippen LogP contribution < -0.4 is 15.0 Å². The van der Waals surface area contributed by atoms with E-state index in [1.54, 1.807) is 48.5 Å². The van der Waals surface area contributed by atoms with E-state index in [1.807, 2.05) is 4.90 Å². The first-order chi connectivity index (χ1) is 16.7. The van der Waals surface area contributed by atoms with Gasteiger partial charge in [0, 0.05) is 25.6 Å². The molecule has 1 amide bonds. The molecule has 0 aliphatic carbocycles. The van der Waals surface area contributed by atoms with Gasteiger partial charge in [0.15, 0.2) is 0 Å². The van der Waals surface area contributed by atoms with E-state index in [9.17, 15) is 22.8 Å². The summed E-state index contributed by atoms with van der Waals surface area (Å²) in [5.74, 6) is -0.504. The molecule has 1 aliphatic heterocycles. The maximum atomic E-state index is 13.3. The fourth-order valence-corrected chi connectivity index (χ4v) is 3.78. The van der Waals surface area contributed by atoms with Gasteiger partial charge in [0.1, 0.15) is 5.75 Å². The summed E-state index contributed by atoms with van der Waals surface area (Å²) >= 11 is 0. The lowest BCUT2D eigenvalue weighted by molar-refractivity contribution is -0.137. The predicted octanol–water partition coefficient (Wildman–Crippen LogP) is 5.39. The molecule has 1 aliphatic rings. The highest BCUT2D eigenvalue weighted by atomic mass is 19.4. The molecule has 1 N–H and O–H groups in total. The summed E-state index contributed by atoms with van der Waals surface area (Å²) in [7, 11) is 0. The molecule has 3 aromatic carbocycles. The number of halogens is 3. The summed E-state index contributed by atoms with van der Waals surface area (Å²) < 4.78 is 50.3. The number of esters is 1. The first-order valence-electron chi connectivity index (χ1n) is 10.9. The first-order valence-corrected chi connectivity index (χ1v) is 10.9. The fourth-order valence-electron chi connectivity index (χ4n) is 3.78. The van der Waals surface area contributed by atoms with Crippen molar-refractivity contribution in [1.29, 1.82) is 0 Å². The Kier molecular flexibility index (Phi) is 7.07. The normalized spacial score (nSPS) is 13.9. The lowest BCUT2D eigenvalue weighted by atomic mass is 10.0. The number of hydrogen-bond acceptors (Lipinski definition) is 5. The molecule has 0 saturated carbocycles. The van der Waals surface area contributed by atoms with Gasteiger partial charge in [-0.05, 0) is 53.6 Å². The van der Waals surface area contributed by atoms with Crippen molar-refractivity contribution in [2.45, 2.75) is 13.1 Å². The maximum absolute atomic E-state index is 13.3. The molecular weight excluding hydrogens is 461 g/mol. The molecule has 0 unspecified atom stereocenters. The molecule has 0 aromatic heterocycles. The zero-order valence-corrected chi connectivity index (χ0v) is 18.9. The second kappa shape index (κ2) is 10.2. The number of alkyl halides is 3. The number of nitrogens with one attached hydrogen (secondary N) is 1. The molecule has 6 nitrogen and oxygen atoms in total. The zero-order valence-electron chi connectivity index (χ0n) is 18.9. The van der Waals surface area contributed by atoms with Crippen LogP contribution in [0.3, 0.4) is 0 Å². The van der Waals surface area contributed by atoms with Crippen molar-refractivity contribution in [2.24, 2.45) is 0 Å². The van der Waals surface area contributed by atoms with Gasteiger partial charge >= 0.3 is 12.1 Å². The SMILES string of the molecule is CC(=O)Oc1ccc(-c2ccc(C(=O)Nc3cc(C(F)(F)F)ccc3N3CCOCC3)cc2)cc1. The molecule has 9 heteroatoms. The van der Waals surface area contributed by atoms with Gasteiger partial charge in [0.05, 0.1) is 30.2 Å². The number of carbonyl (C=O) groups is 2. The average Bonchev–Trinajstić information content (AvgIpc) is 2.84. The lowest BCUT2D eigenvalue weighted by Crippen LogP contribution is -2.36. The van der Waals surface area contributed by atoms with Crippen LogP contribution in [0.2, 0.25) is 0 Å². The van der Waals surface area contributed by atoms with Crippen LogP contribution in [0.1, 0.15) is 22.8 Å². The van der Waals surface area contributed by atoms with Crippen LogP contribution >= 0.6 is 0 Å². The smallest absolute Gasteiger partial charge is 0.416 e. The van der Waals surface area contributed by atoms with Crippen LogP contribution in [0.5, 0.6) is 5.75 Å². The minimum atomic E-state index is -4.53. The number of ether oxygens (including phenoxy) is 2. The van der Waals surface area contributed by atoms with Crippen LogP contribution in [-0.4, -0.2) is 38.2 Å². The predicted molar refractivity (Wildman–Crippen MR) is 126 cm³/mol. The highest BCUT2D eigenvalue weighted by Crippen LogP contribution is 2.36. The zero-order chi connectivity index (χ0) is 25.0. The molecular formula is C26H23F3N2O4. The minimum absolute atomic E-state index is 0.0943. The molecule has 0 radical (unpaired) electrons. The number of amides is 1. The Morgan fingerprint density at radius 1 is 0.914 bits per heavy atom. The molecule has 182 valence electrons. The number of morpholine rings is 1. The summed E-state index contributed by atoms with van der Waals surface area (Å²) in [6, 6.07) is 16.9. The molecule has 1 heterocycles. The van der Waals surface area contributed by atoms with E-state index in [0.29, 0.717) is 43.3 Å². The molecule has 0 bridgehead atoms. The van der Waals surface area contributed by atoms with Gasteiger partial charge in [-0.3, -0.25) is 9.59 Å². The summed E-state index contributed by atoms with van der Waals surface area (Å²) in [6.45, 7) is 3.26. The molecule has 0 atom stereocenters. The maximum Gasteiger partial charge on any atom is 0.416 e. The van der Waals surface area contributed by atoms with Crippen LogP contribution in [0, 0.1) is 0 Å². The molecule has 35 heavy (non-hydrogen) atoms. The minimum Gasteiger partial charge on any atom is -0.427 e. The Morgan fingerprint density at radius 3 is 2.09 bits per heavy atom. The summed E-state index contributed by atoms with van der Waals surface area (Å²) in [4.78, 5) is 25.9. The van der Waals surface area contributed by atoms with Gasteiger partial charge in [-0.2, -0.15) is 13.2 Å². The van der Waals surface area contributed by atoms with E-state index in [-0.39, 0.29) is 5.69 Å². The van der Waals surface area contributed by atoms with Gasteiger partial charge in [0.2, 0.25) is 0 Å². The number of nitrogens with zero attached hydrogens (tertiary/aromatic N) is 1. The van der Waals surface area contributed by atoms with E-state index in [4.69, 9.17) is 9.47 Å². The van der Waals surface area contributed by atoms with E-state index in [1.165, 1.54) is 13.0 Å². The topological polar surface area (TPSA) is 67.9 Å². The van der Waals surface area contributed by atoms with Crippen molar-refractivity contribution in [3.8, 4) is 16.9 Å². The Morgan fingerprint density at radius 2 is 1.51 bits per heavy atom. The van der Waals surface area contributed by atoms with E-state index in [0.717, 1.165) is 23.3 Å². The monoisotopic (exact) mass is 484 g/mol. The Hall–Kier alpha value is -3.85. The fraction of sp³-hybridized carbons (Fsp3) is 0.231. The van der Waals surface area contributed by atoms with Crippen molar-refractivity contribution in [3.05, 3.63) is 77.9 Å². The average molecular weight is 484 g/mol. The van der Waals surface area contributed by atoms with Crippen LogP contribution in [0.15, 0.2) is 66.7 Å². The highest BCUT2D eigenvalue weighted by molar-refractivity contribution is 6.06. The third-order valence-electron chi connectivity index (χ3n) is 5.52. The summed E-state index contributed by atoms with van der Waals surface area (Å²) in [5, 5.41) is 2.65. The number of rotatable bonds is 5. The standard InChI is InChI=1S/C26H23F3N2O4/c1-17(32)35-22-9-6-19(7-10-22)18-2-4-20(5-3-18)25(33)30-23-16-21(26(27,28)29)8-11-24(23)31-12-14-34-15-13-31/h2-11,16H,12-15H2,1H3,(H,30,33). The lowest BCUT2D eigenvalue weighted by Gasteiger charge is -2.31. The van der Waals surface area contributed by atoms with Crippen molar-refractivity contribution in [1.82, 2.24) is 0 Å². The Labute approximate surface area is 200 Å². The largest absolute Gasteiger partial charge is 0.427 e. The second-order valence-electron chi connectivity index (χ2n) is 7.98. The second-order valence-corrected chi connectivity index (χ2v) is 7.98. The summed E-state index contributed by atoms with van der Waals surface area (Å²) in [5.41, 5.74) is 1.74. The van der Waals surface area contributed by atoms with Crippen molar-refractivity contribution in [3.63, 3.8) is 0 Å². The first kappa shape index (κ1) is 24.3. The number of benzene rings is 3.